The third-order valence-electron chi connectivity index (χ3n) is 5.04. The Morgan fingerprint density at radius 3 is 2.22 bits per heavy atom. The standard InChI is InChI=1S/C16H24N4O2S/c21-14(20-7-9-22-10-8-20)11-19-5-3-13(4-6-19)16-18-17-15(23-16)12-1-2-12/h12-13H,1-11H2. The molecule has 0 radical (unpaired) electrons. The van der Waals surface area contributed by atoms with Crippen LogP contribution in [0.1, 0.15) is 47.5 Å². The maximum Gasteiger partial charge on any atom is 0.236 e. The van der Waals surface area contributed by atoms with Crippen molar-refractivity contribution in [3.05, 3.63) is 10.0 Å². The van der Waals surface area contributed by atoms with Crippen molar-refractivity contribution >= 4 is 17.2 Å². The van der Waals surface area contributed by atoms with E-state index in [1.54, 1.807) is 0 Å². The second kappa shape index (κ2) is 6.83. The second-order valence-corrected chi connectivity index (χ2v) is 7.84. The van der Waals surface area contributed by atoms with Gasteiger partial charge in [-0.2, -0.15) is 0 Å². The molecule has 1 saturated carbocycles. The summed E-state index contributed by atoms with van der Waals surface area (Å²) >= 11 is 1.82. The second-order valence-electron chi connectivity index (χ2n) is 6.80. The lowest BCUT2D eigenvalue weighted by Gasteiger charge is -2.33. The fraction of sp³-hybridized carbons (Fsp3) is 0.812. The van der Waals surface area contributed by atoms with Gasteiger partial charge in [-0.15, -0.1) is 21.5 Å². The van der Waals surface area contributed by atoms with Gasteiger partial charge in [0.05, 0.1) is 19.8 Å². The Morgan fingerprint density at radius 1 is 1.00 bits per heavy atom. The third kappa shape index (κ3) is 3.72. The molecule has 1 aromatic rings. The molecule has 0 bridgehead atoms. The third-order valence-corrected chi connectivity index (χ3v) is 6.29. The van der Waals surface area contributed by atoms with E-state index in [2.05, 4.69) is 15.1 Å². The number of carbonyl (C=O) groups is 1. The van der Waals surface area contributed by atoms with Gasteiger partial charge in [-0.3, -0.25) is 9.69 Å². The normalized spacial score (nSPS) is 24.1. The van der Waals surface area contributed by atoms with Crippen LogP contribution < -0.4 is 0 Å². The van der Waals surface area contributed by atoms with E-state index in [0.29, 0.717) is 31.6 Å². The van der Waals surface area contributed by atoms with E-state index in [1.165, 1.54) is 22.9 Å². The Kier molecular flexibility index (Phi) is 4.59. The molecular weight excluding hydrogens is 312 g/mol. The van der Waals surface area contributed by atoms with Crippen LogP contribution in [-0.4, -0.2) is 71.8 Å². The summed E-state index contributed by atoms with van der Waals surface area (Å²) in [6.45, 7) is 5.35. The van der Waals surface area contributed by atoms with Crippen LogP contribution in [0.15, 0.2) is 0 Å². The van der Waals surface area contributed by atoms with E-state index in [4.69, 9.17) is 4.74 Å². The Labute approximate surface area is 140 Å². The monoisotopic (exact) mass is 336 g/mol. The number of likely N-dealkylation sites (tertiary alicyclic amines) is 1. The molecule has 1 aliphatic carbocycles. The highest BCUT2D eigenvalue weighted by Crippen LogP contribution is 2.43. The summed E-state index contributed by atoms with van der Waals surface area (Å²) in [4.78, 5) is 16.5. The zero-order valence-electron chi connectivity index (χ0n) is 13.4. The molecule has 126 valence electrons. The number of piperidine rings is 1. The number of amides is 1. The van der Waals surface area contributed by atoms with Crippen LogP contribution in [0.4, 0.5) is 0 Å². The van der Waals surface area contributed by atoms with E-state index in [1.807, 2.05) is 16.2 Å². The van der Waals surface area contributed by atoms with Crippen LogP contribution in [0.3, 0.4) is 0 Å². The molecule has 3 heterocycles. The summed E-state index contributed by atoms with van der Waals surface area (Å²) < 4.78 is 5.31. The molecule has 1 amide bonds. The number of morpholine rings is 1. The number of carbonyl (C=O) groups excluding carboxylic acids is 1. The molecular formula is C16H24N4O2S. The fourth-order valence-corrected chi connectivity index (χ4v) is 4.53. The quantitative estimate of drug-likeness (QED) is 0.833. The number of nitrogens with zero attached hydrogens (tertiary/aromatic N) is 4. The highest BCUT2D eigenvalue weighted by atomic mass is 32.1. The summed E-state index contributed by atoms with van der Waals surface area (Å²) in [5.74, 6) is 1.49. The Morgan fingerprint density at radius 2 is 1.61 bits per heavy atom. The molecule has 2 saturated heterocycles. The van der Waals surface area contributed by atoms with Crippen molar-refractivity contribution in [3.8, 4) is 0 Å². The lowest BCUT2D eigenvalue weighted by molar-refractivity contribution is -0.136. The Balaban J connectivity index is 1.25. The minimum Gasteiger partial charge on any atom is -0.378 e. The Hall–Kier alpha value is -1.05. The first-order chi connectivity index (χ1) is 11.3. The first-order valence-electron chi connectivity index (χ1n) is 8.71. The van der Waals surface area contributed by atoms with Crippen molar-refractivity contribution in [2.45, 2.75) is 37.5 Å². The molecule has 3 fully saturated rings. The summed E-state index contributed by atoms with van der Waals surface area (Å²) in [5.41, 5.74) is 0. The summed E-state index contributed by atoms with van der Waals surface area (Å²) in [6, 6.07) is 0. The molecule has 0 N–H and O–H groups in total. The number of rotatable bonds is 4. The van der Waals surface area contributed by atoms with Gasteiger partial charge in [0, 0.05) is 24.9 Å². The van der Waals surface area contributed by atoms with Gasteiger partial charge in [-0.25, -0.2) is 0 Å². The highest BCUT2D eigenvalue weighted by molar-refractivity contribution is 7.11. The molecule has 23 heavy (non-hydrogen) atoms. The van der Waals surface area contributed by atoms with Gasteiger partial charge in [-0.05, 0) is 38.8 Å². The Bertz CT molecular complexity index is 546. The van der Waals surface area contributed by atoms with Crippen molar-refractivity contribution in [1.82, 2.24) is 20.0 Å². The van der Waals surface area contributed by atoms with E-state index in [9.17, 15) is 4.79 Å². The smallest absolute Gasteiger partial charge is 0.236 e. The molecule has 7 heteroatoms. The van der Waals surface area contributed by atoms with Crippen molar-refractivity contribution in [3.63, 3.8) is 0 Å². The number of hydrogen-bond acceptors (Lipinski definition) is 6. The van der Waals surface area contributed by atoms with Gasteiger partial charge >= 0.3 is 0 Å². The molecule has 0 unspecified atom stereocenters. The van der Waals surface area contributed by atoms with Crippen molar-refractivity contribution < 1.29 is 9.53 Å². The van der Waals surface area contributed by atoms with E-state index in [0.717, 1.165) is 39.0 Å². The highest BCUT2D eigenvalue weighted by Gasteiger charge is 2.30. The van der Waals surface area contributed by atoms with Crippen LogP contribution in [0.5, 0.6) is 0 Å². The van der Waals surface area contributed by atoms with Crippen LogP contribution >= 0.6 is 11.3 Å². The largest absolute Gasteiger partial charge is 0.378 e. The summed E-state index contributed by atoms with van der Waals surface area (Å²) in [6.07, 6.45) is 4.76. The van der Waals surface area contributed by atoms with Crippen molar-refractivity contribution in [2.75, 3.05) is 45.9 Å². The van der Waals surface area contributed by atoms with Gasteiger partial charge in [0.2, 0.25) is 5.91 Å². The number of hydrogen-bond donors (Lipinski definition) is 0. The van der Waals surface area contributed by atoms with E-state index >= 15 is 0 Å². The average Bonchev–Trinajstić information content (AvgIpc) is 3.34. The predicted octanol–water partition coefficient (Wildman–Crippen LogP) is 1.45. The van der Waals surface area contributed by atoms with Gasteiger partial charge in [0.1, 0.15) is 10.0 Å². The summed E-state index contributed by atoms with van der Waals surface area (Å²) in [7, 11) is 0. The first kappa shape index (κ1) is 15.5. The van der Waals surface area contributed by atoms with Gasteiger partial charge < -0.3 is 9.64 Å². The average molecular weight is 336 g/mol. The van der Waals surface area contributed by atoms with Gasteiger partial charge in [0.15, 0.2) is 0 Å². The van der Waals surface area contributed by atoms with Crippen LogP contribution in [0.25, 0.3) is 0 Å². The zero-order chi connectivity index (χ0) is 15.6. The van der Waals surface area contributed by atoms with Crippen LogP contribution in [-0.2, 0) is 9.53 Å². The van der Waals surface area contributed by atoms with E-state index < -0.39 is 0 Å². The SMILES string of the molecule is O=C(CN1CCC(c2nnc(C3CC3)s2)CC1)N1CCOCC1. The predicted molar refractivity (Wildman–Crippen MR) is 87.7 cm³/mol. The molecule has 3 aliphatic rings. The number of aromatic nitrogens is 2. The molecule has 6 nitrogen and oxygen atoms in total. The van der Waals surface area contributed by atoms with Gasteiger partial charge in [-0.1, -0.05) is 0 Å². The topological polar surface area (TPSA) is 58.6 Å². The lowest BCUT2D eigenvalue weighted by Crippen LogP contribution is -2.47. The minimum atomic E-state index is 0.249. The van der Waals surface area contributed by atoms with Crippen LogP contribution in [0, 0.1) is 0 Å². The van der Waals surface area contributed by atoms with E-state index in [-0.39, 0.29) is 5.91 Å². The van der Waals surface area contributed by atoms with Crippen molar-refractivity contribution in [1.29, 1.82) is 0 Å². The van der Waals surface area contributed by atoms with Gasteiger partial charge in [0.25, 0.3) is 0 Å². The fourth-order valence-electron chi connectivity index (χ4n) is 3.35. The maximum absolute atomic E-state index is 12.3. The van der Waals surface area contributed by atoms with Crippen molar-refractivity contribution in [2.24, 2.45) is 0 Å². The minimum absolute atomic E-state index is 0.249. The van der Waals surface area contributed by atoms with Crippen LogP contribution in [0.2, 0.25) is 0 Å². The molecule has 0 spiro atoms. The zero-order valence-corrected chi connectivity index (χ0v) is 14.3. The maximum atomic E-state index is 12.3. The molecule has 4 rings (SSSR count). The number of ether oxygens (including phenoxy) is 1. The first-order valence-corrected chi connectivity index (χ1v) is 9.52. The lowest BCUT2D eigenvalue weighted by atomic mass is 9.97. The molecule has 0 aromatic carbocycles. The summed E-state index contributed by atoms with van der Waals surface area (Å²) in [5, 5.41) is 11.2. The molecule has 0 atom stereocenters. The molecule has 1 aromatic heterocycles. The molecule has 2 aliphatic heterocycles.